The first-order valence-corrected chi connectivity index (χ1v) is 12.0. The highest BCUT2D eigenvalue weighted by atomic mass is 32.1. The van der Waals surface area contributed by atoms with E-state index < -0.39 is 0 Å². The van der Waals surface area contributed by atoms with E-state index in [-0.39, 0.29) is 17.9 Å². The van der Waals surface area contributed by atoms with Crippen LogP contribution in [0, 0.1) is 0 Å². The molecule has 0 unspecified atom stereocenters. The largest absolute Gasteiger partial charge is 0.326 e. The van der Waals surface area contributed by atoms with Gasteiger partial charge in [-0.3, -0.25) is 14.9 Å². The maximum Gasteiger partial charge on any atom is 0.258 e. The first-order valence-electron chi connectivity index (χ1n) is 10.3. The molecular weight excluding hydrogens is 456 g/mol. The Morgan fingerprint density at radius 2 is 1.94 bits per heavy atom. The molecule has 0 spiro atoms. The van der Waals surface area contributed by atoms with Crippen LogP contribution in [0.3, 0.4) is 0 Å². The molecule has 4 heterocycles. The van der Waals surface area contributed by atoms with Crippen LogP contribution in [0.25, 0.3) is 31.8 Å². The summed E-state index contributed by atoms with van der Waals surface area (Å²) in [5, 5.41) is 13.3. The topological polar surface area (TPSA) is 102 Å². The van der Waals surface area contributed by atoms with Crippen molar-refractivity contribution in [1.82, 2.24) is 19.7 Å². The van der Waals surface area contributed by atoms with Crippen molar-refractivity contribution in [1.29, 1.82) is 0 Å². The third-order valence-electron chi connectivity index (χ3n) is 5.00. The zero-order chi connectivity index (χ0) is 23.1. The number of carbonyl (C=O) groups excluding carboxylic acids is 2. The third-order valence-corrected chi connectivity index (χ3v) is 6.83. The zero-order valence-corrected chi connectivity index (χ0v) is 19.8. The van der Waals surface area contributed by atoms with Crippen LogP contribution in [0.4, 0.5) is 10.8 Å². The molecule has 5 rings (SSSR count). The van der Waals surface area contributed by atoms with Crippen LogP contribution < -0.4 is 10.6 Å². The molecule has 0 saturated heterocycles. The molecule has 1 aromatic carbocycles. The van der Waals surface area contributed by atoms with Crippen LogP contribution in [0.2, 0.25) is 0 Å². The van der Waals surface area contributed by atoms with Crippen molar-refractivity contribution in [3.05, 3.63) is 53.5 Å². The second-order valence-corrected chi connectivity index (χ2v) is 9.77. The van der Waals surface area contributed by atoms with Crippen LogP contribution in [-0.4, -0.2) is 31.6 Å². The van der Waals surface area contributed by atoms with E-state index in [9.17, 15) is 9.59 Å². The Balaban J connectivity index is 1.53. The summed E-state index contributed by atoms with van der Waals surface area (Å²) in [6.07, 6.45) is 1.69. The predicted octanol–water partition coefficient (Wildman–Crippen LogP) is 5.56. The Bertz CT molecular complexity index is 1500. The van der Waals surface area contributed by atoms with E-state index in [0.717, 1.165) is 20.8 Å². The summed E-state index contributed by atoms with van der Waals surface area (Å²) in [5.41, 5.74) is 3.33. The standard InChI is InChI=1S/C23H20N6O2S2/c1-12(2)29-21-16(11-24-29)15(10-18(26-21)19-5-4-8-32-19)22(31)28-23-27-17-7-6-14(25-13(3)30)9-20(17)33-23/h4-12H,1-3H3,(H,25,30)(H,27,28,31). The van der Waals surface area contributed by atoms with Gasteiger partial charge in [0.15, 0.2) is 10.8 Å². The minimum atomic E-state index is -0.273. The minimum absolute atomic E-state index is 0.103. The van der Waals surface area contributed by atoms with Gasteiger partial charge in [-0.05, 0) is 49.6 Å². The van der Waals surface area contributed by atoms with E-state index >= 15 is 0 Å². The summed E-state index contributed by atoms with van der Waals surface area (Å²) >= 11 is 2.92. The maximum atomic E-state index is 13.4. The van der Waals surface area contributed by atoms with E-state index in [4.69, 9.17) is 4.98 Å². The number of rotatable bonds is 5. The van der Waals surface area contributed by atoms with Gasteiger partial charge in [-0.1, -0.05) is 17.4 Å². The molecule has 2 N–H and O–H groups in total. The molecule has 33 heavy (non-hydrogen) atoms. The number of hydrogen-bond acceptors (Lipinski definition) is 7. The van der Waals surface area contributed by atoms with Gasteiger partial charge in [0.2, 0.25) is 5.91 Å². The number of hydrogen-bond donors (Lipinski definition) is 2. The summed E-state index contributed by atoms with van der Waals surface area (Å²) in [6, 6.07) is 11.3. The predicted molar refractivity (Wildman–Crippen MR) is 133 cm³/mol. The average Bonchev–Trinajstić information content (AvgIpc) is 3.51. The molecule has 8 nitrogen and oxygen atoms in total. The lowest BCUT2D eigenvalue weighted by molar-refractivity contribution is -0.114. The number of thiophene rings is 1. The molecule has 2 amide bonds. The van der Waals surface area contributed by atoms with Gasteiger partial charge in [-0.2, -0.15) is 5.10 Å². The van der Waals surface area contributed by atoms with Crippen molar-refractivity contribution in [3.8, 4) is 10.6 Å². The molecule has 0 atom stereocenters. The van der Waals surface area contributed by atoms with E-state index in [1.165, 1.54) is 18.3 Å². The number of fused-ring (bicyclic) bond motifs is 2. The van der Waals surface area contributed by atoms with Crippen molar-refractivity contribution in [3.63, 3.8) is 0 Å². The first-order chi connectivity index (χ1) is 15.9. The Labute approximate surface area is 197 Å². The lowest BCUT2D eigenvalue weighted by Gasteiger charge is -2.09. The number of nitrogens with one attached hydrogen (secondary N) is 2. The lowest BCUT2D eigenvalue weighted by atomic mass is 10.1. The second-order valence-electron chi connectivity index (χ2n) is 7.79. The molecule has 0 aliphatic rings. The van der Waals surface area contributed by atoms with Gasteiger partial charge in [-0.15, -0.1) is 11.3 Å². The van der Waals surface area contributed by atoms with Crippen LogP contribution in [0.15, 0.2) is 48.0 Å². The molecular formula is C23H20N6O2S2. The van der Waals surface area contributed by atoms with E-state index in [1.807, 2.05) is 48.2 Å². The van der Waals surface area contributed by atoms with Crippen molar-refractivity contribution in [2.45, 2.75) is 26.8 Å². The molecule has 4 aromatic heterocycles. The van der Waals surface area contributed by atoms with Crippen LogP contribution in [0.5, 0.6) is 0 Å². The highest BCUT2D eigenvalue weighted by Crippen LogP contribution is 2.31. The van der Waals surface area contributed by atoms with Gasteiger partial charge in [0.05, 0.1) is 37.9 Å². The van der Waals surface area contributed by atoms with Crippen molar-refractivity contribution >= 4 is 66.6 Å². The molecule has 0 radical (unpaired) electrons. The number of carbonyl (C=O) groups is 2. The van der Waals surface area contributed by atoms with E-state index in [2.05, 4.69) is 20.7 Å². The fourth-order valence-electron chi connectivity index (χ4n) is 3.56. The summed E-state index contributed by atoms with van der Waals surface area (Å²) in [7, 11) is 0. The number of aromatic nitrogens is 4. The Kier molecular flexibility index (Phi) is 5.39. The van der Waals surface area contributed by atoms with Crippen molar-refractivity contribution in [2.24, 2.45) is 0 Å². The van der Waals surface area contributed by atoms with Crippen LogP contribution in [-0.2, 0) is 4.79 Å². The van der Waals surface area contributed by atoms with Gasteiger partial charge in [0.25, 0.3) is 5.91 Å². The van der Waals surface area contributed by atoms with Gasteiger partial charge < -0.3 is 5.32 Å². The SMILES string of the molecule is CC(=O)Nc1ccc2nc(NC(=O)c3cc(-c4cccs4)nc4c3cnn4C(C)C)sc2c1. The normalized spacial score (nSPS) is 11.4. The monoisotopic (exact) mass is 476 g/mol. The highest BCUT2D eigenvalue weighted by molar-refractivity contribution is 7.22. The van der Waals surface area contributed by atoms with E-state index in [1.54, 1.807) is 29.7 Å². The quantitative estimate of drug-likeness (QED) is 0.346. The molecule has 10 heteroatoms. The number of pyridine rings is 1. The van der Waals surface area contributed by atoms with Gasteiger partial charge >= 0.3 is 0 Å². The zero-order valence-electron chi connectivity index (χ0n) is 18.1. The average molecular weight is 477 g/mol. The van der Waals surface area contributed by atoms with E-state index in [0.29, 0.717) is 27.4 Å². The molecule has 0 aliphatic carbocycles. The van der Waals surface area contributed by atoms with Gasteiger partial charge in [0, 0.05) is 18.7 Å². The number of anilines is 2. The molecule has 0 saturated carbocycles. The van der Waals surface area contributed by atoms with Crippen LogP contribution in [0.1, 0.15) is 37.2 Å². The molecule has 166 valence electrons. The number of benzene rings is 1. The first kappa shape index (κ1) is 21.2. The minimum Gasteiger partial charge on any atom is -0.326 e. The Hall–Kier alpha value is -3.63. The maximum absolute atomic E-state index is 13.4. The van der Waals surface area contributed by atoms with Crippen LogP contribution >= 0.6 is 22.7 Å². The Morgan fingerprint density at radius 1 is 1.09 bits per heavy atom. The number of amides is 2. The molecule has 0 fully saturated rings. The number of thiazole rings is 1. The Morgan fingerprint density at radius 3 is 2.67 bits per heavy atom. The summed E-state index contributed by atoms with van der Waals surface area (Å²) in [4.78, 5) is 35.0. The van der Waals surface area contributed by atoms with Crippen molar-refractivity contribution in [2.75, 3.05) is 10.6 Å². The molecule has 0 bridgehead atoms. The van der Waals surface area contributed by atoms with Crippen molar-refractivity contribution < 1.29 is 9.59 Å². The fraction of sp³-hybridized carbons (Fsp3) is 0.174. The summed E-state index contributed by atoms with van der Waals surface area (Å²) in [6.45, 7) is 5.52. The fourth-order valence-corrected chi connectivity index (χ4v) is 5.14. The summed E-state index contributed by atoms with van der Waals surface area (Å²) in [5.74, 6) is -0.415. The lowest BCUT2D eigenvalue weighted by Crippen LogP contribution is -2.13. The van der Waals surface area contributed by atoms with Gasteiger partial charge in [-0.25, -0.2) is 14.6 Å². The highest BCUT2D eigenvalue weighted by Gasteiger charge is 2.20. The summed E-state index contributed by atoms with van der Waals surface area (Å²) < 4.78 is 2.69. The third kappa shape index (κ3) is 4.10. The smallest absolute Gasteiger partial charge is 0.258 e. The molecule has 0 aliphatic heterocycles. The molecule has 5 aromatic rings. The number of nitrogens with zero attached hydrogens (tertiary/aromatic N) is 4. The second kappa shape index (κ2) is 8.38. The van der Waals surface area contributed by atoms with Gasteiger partial charge in [0.1, 0.15) is 0 Å².